The zero-order valence-electron chi connectivity index (χ0n) is 11.3. The van der Waals surface area contributed by atoms with E-state index in [1.165, 1.54) is 10.4 Å². The van der Waals surface area contributed by atoms with Crippen LogP contribution in [0.2, 0.25) is 0 Å². The minimum absolute atomic E-state index is 0.161. The van der Waals surface area contributed by atoms with E-state index in [0.717, 1.165) is 18.4 Å². The van der Waals surface area contributed by atoms with Gasteiger partial charge in [0.25, 0.3) is 0 Å². The number of methoxy groups -OCH3 is 1. The summed E-state index contributed by atoms with van der Waals surface area (Å²) in [7, 11) is -1.78. The van der Waals surface area contributed by atoms with Crippen molar-refractivity contribution in [1.82, 2.24) is 4.31 Å². The Labute approximate surface area is 114 Å². The van der Waals surface area contributed by atoms with Crippen LogP contribution >= 0.6 is 0 Å². The molecule has 1 aromatic carbocycles. The summed E-state index contributed by atoms with van der Waals surface area (Å²) < 4.78 is 31.8. The van der Waals surface area contributed by atoms with Crippen LogP contribution in [0.4, 0.5) is 5.69 Å². The molecule has 19 heavy (non-hydrogen) atoms. The molecule has 0 unspecified atom stereocenters. The molecule has 0 saturated carbocycles. The molecule has 0 amide bonds. The third-order valence-corrected chi connectivity index (χ3v) is 5.32. The van der Waals surface area contributed by atoms with Crippen molar-refractivity contribution in [2.75, 3.05) is 25.9 Å². The minimum atomic E-state index is -3.44. The van der Waals surface area contributed by atoms with E-state index in [1.54, 1.807) is 19.2 Å². The summed E-state index contributed by atoms with van der Waals surface area (Å²) >= 11 is 0. The molecule has 106 valence electrons. The van der Waals surface area contributed by atoms with Gasteiger partial charge in [0.05, 0.1) is 11.0 Å². The molecule has 6 heteroatoms. The Morgan fingerprint density at radius 3 is 2.42 bits per heavy atom. The summed E-state index contributed by atoms with van der Waals surface area (Å²) in [5.74, 6) is 0. The minimum Gasteiger partial charge on any atom is -0.399 e. The molecule has 0 bridgehead atoms. The van der Waals surface area contributed by atoms with Crippen LogP contribution in [-0.2, 0) is 14.8 Å². The molecule has 5 nitrogen and oxygen atoms in total. The van der Waals surface area contributed by atoms with Gasteiger partial charge in [-0.15, -0.1) is 0 Å². The number of nitrogens with zero attached hydrogens (tertiary/aromatic N) is 1. The summed E-state index contributed by atoms with van der Waals surface area (Å²) in [6.45, 7) is 2.83. The molecule has 0 aliphatic carbocycles. The number of hydrogen-bond acceptors (Lipinski definition) is 4. The van der Waals surface area contributed by atoms with Gasteiger partial charge in [0.1, 0.15) is 0 Å². The fourth-order valence-corrected chi connectivity index (χ4v) is 3.99. The van der Waals surface area contributed by atoms with E-state index in [2.05, 4.69) is 0 Å². The summed E-state index contributed by atoms with van der Waals surface area (Å²) in [5.41, 5.74) is 7.06. The van der Waals surface area contributed by atoms with E-state index in [-0.39, 0.29) is 11.0 Å². The van der Waals surface area contributed by atoms with Crippen LogP contribution in [0.5, 0.6) is 0 Å². The fourth-order valence-electron chi connectivity index (χ4n) is 2.38. The van der Waals surface area contributed by atoms with Crippen LogP contribution in [0.3, 0.4) is 0 Å². The van der Waals surface area contributed by atoms with Crippen LogP contribution in [0.25, 0.3) is 0 Å². The number of hydrogen-bond donors (Lipinski definition) is 1. The van der Waals surface area contributed by atoms with Crippen molar-refractivity contribution in [2.24, 2.45) is 0 Å². The van der Waals surface area contributed by atoms with Crippen molar-refractivity contribution in [2.45, 2.75) is 30.8 Å². The van der Waals surface area contributed by atoms with E-state index in [0.29, 0.717) is 18.8 Å². The molecule has 2 N–H and O–H groups in total. The van der Waals surface area contributed by atoms with Crippen molar-refractivity contribution in [3.8, 4) is 0 Å². The molecule has 1 fully saturated rings. The highest BCUT2D eigenvalue weighted by atomic mass is 32.2. The van der Waals surface area contributed by atoms with Crippen molar-refractivity contribution in [3.63, 3.8) is 0 Å². The Morgan fingerprint density at radius 2 is 1.89 bits per heavy atom. The number of nitrogen functional groups attached to an aromatic ring is 1. The van der Waals surface area contributed by atoms with Gasteiger partial charge in [0.15, 0.2) is 0 Å². The quantitative estimate of drug-likeness (QED) is 0.851. The smallest absolute Gasteiger partial charge is 0.243 e. The number of sulfonamides is 1. The first kappa shape index (κ1) is 14.3. The molecular weight excluding hydrogens is 264 g/mol. The summed E-state index contributed by atoms with van der Waals surface area (Å²) in [4.78, 5) is 0.279. The Kier molecular flexibility index (Phi) is 4.13. The van der Waals surface area contributed by atoms with Crippen LogP contribution in [0, 0.1) is 6.92 Å². The van der Waals surface area contributed by atoms with Crippen LogP contribution in [0.15, 0.2) is 23.1 Å². The lowest BCUT2D eigenvalue weighted by Gasteiger charge is -2.30. The van der Waals surface area contributed by atoms with Crippen molar-refractivity contribution >= 4 is 15.7 Å². The number of anilines is 1. The van der Waals surface area contributed by atoms with Crippen molar-refractivity contribution in [3.05, 3.63) is 23.8 Å². The Balaban J connectivity index is 2.23. The summed E-state index contributed by atoms with van der Waals surface area (Å²) in [6.07, 6.45) is 1.63. The van der Waals surface area contributed by atoms with Crippen molar-refractivity contribution in [1.29, 1.82) is 0 Å². The number of ether oxygens (including phenoxy) is 1. The Hall–Kier alpha value is -1.11. The molecule has 0 aromatic heterocycles. The van der Waals surface area contributed by atoms with Gasteiger partial charge in [-0.05, 0) is 43.5 Å². The van der Waals surface area contributed by atoms with E-state index in [4.69, 9.17) is 10.5 Å². The van der Waals surface area contributed by atoms with Gasteiger partial charge in [-0.1, -0.05) is 0 Å². The van der Waals surface area contributed by atoms with E-state index in [9.17, 15) is 8.42 Å². The van der Waals surface area contributed by atoms with Gasteiger partial charge in [-0.3, -0.25) is 0 Å². The van der Waals surface area contributed by atoms with E-state index < -0.39 is 10.0 Å². The van der Waals surface area contributed by atoms with Gasteiger partial charge in [0.2, 0.25) is 10.0 Å². The van der Waals surface area contributed by atoms with Crippen LogP contribution in [-0.4, -0.2) is 39.0 Å². The predicted octanol–water partition coefficient (Wildman–Crippen LogP) is 1.38. The Bertz CT molecular complexity index is 529. The second-order valence-corrected chi connectivity index (χ2v) is 6.86. The molecule has 1 heterocycles. The normalized spacial score (nSPS) is 18.6. The molecule has 1 aliphatic heterocycles. The maximum absolute atomic E-state index is 12.5. The highest BCUT2D eigenvalue weighted by Crippen LogP contribution is 2.24. The maximum Gasteiger partial charge on any atom is 0.243 e. The first-order valence-electron chi connectivity index (χ1n) is 6.33. The Morgan fingerprint density at radius 1 is 1.26 bits per heavy atom. The van der Waals surface area contributed by atoms with Gasteiger partial charge in [0, 0.05) is 25.9 Å². The fraction of sp³-hybridized carbons (Fsp3) is 0.538. The third kappa shape index (κ3) is 3.08. The second-order valence-electron chi connectivity index (χ2n) is 4.92. The number of rotatable bonds is 3. The van der Waals surface area contributed by atoms with Crippen molar-refractivity contribution < 1.29 is 13.2 Å². The molecule has 0 spiro atoms. The van der Waals surface area contributed by atoms with E-state index in [1.807, 2.05) is 6.92 Å². The van der Waals surface area contributed by atoms with Gasteiger partial charge >= 0.3 is 0 Å². The zero-order valence-corrected chi connectivity index (χ0v) is 12.1. The first-order chi connectivity index (χ1) is 8.93. The van der Waals surface area contributed by atoms with Crippen LogP contribution < -0.4 is 5.73 Å². The van der Waals surface area contributed by atoms with Gasteiger partial charge in [-0.2, -0.15) is 4.31 Å². The number of benzene rings is 1. The molecule has 2 rings (SSSR count). The van der Waals surface area contributed by atoms with E-state index >= 15 is 0 Å². The summed E-state index contributed by atoms with van der Waals surface area (Å²) in [6, 6.07) is 4.94. The molecule has 1 saturated heterocycles. The number of piperidine rings is 1. The van der Waals surface area contributed by atoms with Crippen LogP contribution in [0.1, 0.15) is 18.4 Å². The maximum atomic E-state index is 12.5. The molecule has 1 aliphatic rings. The van der Waals surface area contributed by atoms with Gasteiger partial charge in [-0.25, -0.2) is 8.42 Å². The average Bonchev–Trinajstić information content (AvgIpc) is 2.37. The SMILES string of the molecule is COC1CCN(S(=O)(=O)c2cc(C)cc(N)c2)CC1. The topological polar surface area (TPSA) is 72.6 Å². The monoisotopic (exact) mass is 284 g/mol. The highest BCUT2D eigenvalue weighted by Gasteiger charge is 2.29. The molecule has 0 atom stereocenters. The zero-order chi connectivity index (χ0) is 14.0. The van der Waals surface area contributed by atoms with Gasteiger partial charge < -0.3 is 10.5 Å². The largest absolute Gasteiger partial charge is 0.399 e. The average molecular weight is 284 g/mol. The molecular formula is C13H20N2O3S. The third-order valence-electron chi connectivity index (χ3n) is 3.45. The number of nitrogens with two attached hydrogens (primary N) is 1. The lowest BCUT2D eigenvalue weighted by molar-refractivity contribution is 0.0604. The standard InChI is InChI=1S/C13H20N2O3S/c1-10-7-11(14)9-13(8-10)19(16,17)15-5-3-12(18-2)4-6-15/h7-9,12H,3-6,14H2,1-2H3. The predicted molar refractivity (Wildman–Crippen MR) is 74.4 cm³/mol. The lowest BCUT2D eigenvalue weighted by atomic mass is 10.1. The molecule has 1 aromatic rings. The second kappa shape index (κ2) is 5.48. The molecule has 0 radical (unpaired) electrons. The summed E-state index contributed by atoms with van der Waals surface area (Å²) in [5, 5.41) is 0. The lowest BCUT2D eigenvalue weighted by Crippen LogP contribution is -2.40. The number of aryl methyl sites for hydroxylation is 1. The highest BCUT2D eigenvalue weighted by molar-refractivity contribution is 7.89. The first-order valence-corrected chi connectivity index (χ1v) is 7.77.